The number of unbranched alkanes of at least 4 members (excludes halogenated alkanes) is 12. The van der Waals surface area contributed by atoms with Crippen LogP contribution < -0.4 is 9.47 Å². The lowest BCUT2D eigenvalue weighted by atomic mass is 10.0. The molecule has 1 aromatic rings. The molecule has 0 spiro atoms. The zero-order valence-corrected chi connectivity index (χ0v) is 29.4. The minimum atomic E-state index is -4.42. The summed E-state index contributed by atoms with van der Waals surface area (Å²) in [6.07, 6.45) is 14.6. The van der Waals surface area contributed by atoms with Gasteiger partial charge >= 0.3 is 19.8 Å². The molecule has 0 fully saturated rings. The van der Waals surface area contributed by atoms with E-state index >= 15 is 0 Å². The number of rotatable bonds is 27. The van der Waals surface area contributed by atoms with Gasteiger partial charge in [-0.05, 0) is 24.6 Å². The van der Waals surface area contributed by atoms with E-state index in [0.717, 1.165) is 19.3 Å². The van der Waals surface area contributed by atoms with Gasteiger partial charge < -0.3 is 28.3 Å². The summed E-state index contributed by atoms with van der Waals surface area (Å²) in [5.41, 5.74) is 0.196. The van der Waals surface area contributed by atoms with Crippen LogP contribution in [0.15, 0.2) is 18.2 Å². The van der Waals surface area contributed by atoms with Crippen LogP contribution in [0.2, 0.25) is 0 Å². The summed E-state index contributed by atoms with van der Waals surface area (Å²) in [6, 6.07) is 4.55. The second kappa shape index (κ2) is 23.2. The Morgan fingerprint density at radius 1 is 0.800 bits per heavy atom. The number of esters is 2. The second-order valence-electron chi connectivity index (χ2n) is 12.4. The number of nitrogens with zero attached hydrogens (tertiary/aromatic N) is 1. The monoisotopic (exact) mass is 660 g/mol. The molecule has 0 amide bonds. The Bertz CT molecular complexity index is 1010. The van der Waals surface area contributed by atoms with Crippen LogP contribution in [0.1, 0.15) is 107 Å². The number of methoxy groups -OCH3 is 2. The molecule has 1 aromatic carbocycles. The third-order valence-corrected chi connectivity index (χ3v) is 8.23. The topological polar surface area (TPSA) is 127 Å². The van der Waals surface area contributed by atoms with Crippen molar-refractivity contribution in [3.8, 4) is 11.5 Å². The molecule has 0 radical (unpaired) electrons. The fourth-order valence-corrected chi connectivity index (χ4v) is 5.25. The molecule has 0 saturated heterocycles. The lowest BCUT2D eigenvalue weighted by Crippen LogP contribution is -2.37. The third-order valence-electron chi connectivity index (χ3n) is 7.24. The average Bonchev–Trinajstić information content (AvgIpc) is 2.99. The molecule has 45 heavy (non-hydrogen) atoms. The highest BCUT2D eigenvalue weighted by Gasteiger charge is 2.27. The standard InChI is InChI=1S/C33H58NO10P/c1-7-8-9-10-11-12-13-14-15-16-17-18-19-20-32(35)44-29(27-43-45(37,38)42-24-23-34(2,3)4)26-41-33(36)28-21-22-30(39-5)31(25-28)40-6/h21-22,25,29H,7-20,23-24,26-27H2,1-6H3/p+1/t29-/m1/s1. The number of likely N-dealkylation sites (N-methyl/N-ethyl adjacent to an activating group) is 1. The summed E-state index contributed by atoms with van der Waals surface area (Å²) in [4.78, 5) is 35.5. The van der Waals surface area contributed by atoms with E-state index in [9.17, 15) is 19.0 Å². The van der Waals surface area contributed by atoms with E-state index in [0.29, 0.717) is 28.9 Å². The van der Waals surface area contributed by atoms with Crippen molar-refractivity contribution in [1.82, 2.24) is 0 Å². The van der Waals surface area contributed by atoms with Crippen molar-refractivity contribution < 1.29 is 51.5 Å². The Balaban J connectivity index is 2.54. The number of phosphoric acid groups is 1. The number of carbonyl (C=O) groups excluding carboxylic acids is 2. The Morgan fingerprint density at radius 2 is 1.36 bits per heavy atom. The fraction of sp³-hybridized carbons (Fsp3) is 0.758. The Labute approximate surface area is 271 Å². The van der Waals surface area contributed by atoms with Crippen molar-refractivity contribution in [2.45, 2.75) is 103 Å². The number of phosphoric ester groups is 1. The molecule has 11 nitrogen and oxygen atoms in total. The van der Waals surface area contributed by atoms with E-state index in [1.54, 1.807) is 6.07 Å². The molecule has 12 heteroatoms. The Hall–Kier alpha value is -2.17. The van der Waals surface area contributed by atoms with E-state index in [-0.39, 0.29) is 25.2 Å². The maximum atomic E-state index is 12.7. The van der Waals surface area contributed by atoms with Gasteiger partial charge in [0, 0.05) is 6.42 Å². The van der Waals surface area contributed by atoms with Crippen LogP contribution in [0.4, 0.5) is 0 Å². The summed E-state index contributed by atoms with van der Waals surface area (Å²) >= 11 is 0. The second-order valence-corrected chi connectivity index (χ2v) is 13.8. The van der Waals surface area contributed by atoms with Crippen LogP contribution in [-0.4, -0.2) is 89.1 Å². The lowest BCUT2D eigenvalue weighted by molar-refractivity contribution is -0.870. The smallest absolute Gasteiger partial charge is 0.472 e. The Morgan fingerprint density at radius 3 is 1.89 bits per heavy atom. The lowest BCUT2D eigenvalue weighted by Gasteiger charge is -2.24. The minimum Gasteiger partial charge on any atom is -0.493 e. The van der Waals surface area contributed by atoms with Gasteiger partial charge in [0.25, 0.3) is 0 Å². The van der Waals surface area contributed by atoms with Crippen LogP contribution in [0.25, 0.3) is 0 Å². The van der Waals surface area contributed by atoms with Crippen molar-refractivity contribution in [2.24, 2.45) is 0 Å². The summed E-state index contributed by atoms with van der Waals surface area (Å²) in [6.45, 7) is 1.85. The molecule has 0 saturated carbocycles. The zero-order valence-electron chi connectivity index (χ0n) is 28.6. The molecule has 260 valence electrons. The SMILES string of the molecule is CCCCCCCCCCCCCCCC(=O)O[C@H](COC(=O)c1ccc(OC)c(OC)c1)COP(=O)(O)OCC[N+](C)(C)C. The van der Waals surface area contributed by atoms with Gasteiger partial charge in [0.15, 0.2) is 17.6 Å². The third kappa shape index (κ3) is 20.5. The number of carbonyl (C=O) groups is 2. The van der Waals surface area contributed by atoms with Crippen molar-refractivity contribution in [2.75, 3.05) is 61.7 Å². The highest BCUT2D eigenvalue weighted by atomic mass is 31.2. The van der Waals surface area contributed by atoms with Crippen molar-refractivity contribution in [3.63, 3.8) is 0 Å². The van der Waals surface area contributed by atoms with Gasteiger partial charge in [0.2, 0.25) is 0 Å². The minimum absolute atomic E-state index is 0.00489. The van der Waals surface area contributed by atoms with Crippen LogP contribution in [0.3, 0.4) is 0 Å². The van der Waals surface area contributed by atoms with E-state index in [4.69, 9.17) is 28.0 Å². The molecule has 1 N–H and O–H groups in total. The van der Waals surface area contributed by atoms with Crippen molar-refractivity contribution >= 4 is 19.8 Å². The summed E-state index contributed by atoms with van der Waals surface area (Å²) in [5, 5.41) is 0. The number of quaternary nitrogens is 1. The van der Waals surface area contributed by atoms with E-state index < -0.39 is 32.5 Å². The van der Waals surface area contributed by atoms with Crippen molar-refractivity contribution in [3.05, 3.63) is 23.8 Å². The van der Waals surface area contributed by atoms with Gasteiger partial charge in [-0.2, -0.15) is 0 Å². The average molecular weight is 661 g/mol. The summed E-state index contributed by atoms with van der Waals surface area (Å²) in [7, 11) is 4.28. The molecular formula is C33H59NO10P+. The highest BCUT2D eigenvalue weighted by molar-refractivity contribution is 7.47. The maximum absolute atomic E-state index is 12.7. The maximum Gasteiger partial charge on any atom is 0.472 e. The Kier molecular flexibility index (Phi) is 21.1. The number of hydrogen-bond donors (Lipinski definition) is 1. The van der Waals surface area contributed by atoms with Crippen LogP contribution in [0.5, 0.6) is 11.5 Å². The highest BCUT2D eigenvalue weighted by Crippen LogP contribution is 2.43. The number of ether oxygens (including phenoxy) is 4. The van der Waals surface area contributed by atoms with E-state index in [1.807, 2.05) is 21.1 Å². The van der Waals surface area contributed by atoms with Crippen LogP contribution >= 0.6 is 7.82 Å². The van der Waals surface area contributed by atoms with Gasteiger partial charge in [-0.3, -0.25) is 13.8 Å². The van der Waals surface area contributed by atoms with E-state index in [1.165, 1.54) is 84.1 Å². The molecule has 0 aliphatic heterocycles. The molecule has 2 atom stereocenters. The molecule has 0 bridgehead atoms. The largest absolute Gasteiger partial charge is 0.493 e. The molecule has 0 aromatic heterocycles. The van der Waals surface area contributed by atoms with Gasteiger partial charge in [-0.25, -0.2) is 9.36 Å². The van der Waals surface area contributed by atoms with Crippen LogP contribution in [0, 0.1) is 0 Å². The van der Waals surface area contributed by atoms with Gasteiger partial charge in [-0.1, -0.05) is 84.0 Å². The normalized spacial score (nSPS) is 13.6. The molecule has 1 unspecified atom stereocenters. The van der Waals surface area contributed by atoms with Gasteiger partial charge in [0.05, 0.1) is 47.5 Å². The predicted molar refractivity (Wildman–Crippen MR) is 175 cm³/mol. The first kappa shape index (κ1) is 40.9. The molecule has 1 rings (SSSR count). The van der Waals surface area contributed by atoms with Gasteiger partial charge in [0.1, 0.15) is 19.8 Å². The summed E-state index contributed by atoms with van der Waals surface area (Å²) in [5.74, 6) is -0.387. The predicted octanol–water partition coefficient (Wildman–Crippen LogP) is 7.09. The van der Waals surface area contributed by atoms with E-state index in [2.05, 4.69) is 6.92 Å². The fourth-order valence-electron chi connectivity index (χ4n) is 4.51. The first-order valence-electron chi connectivity index (χ1n) is 16.4. The van der Waals surface area contributed by atoms with Crippen molar-refractivity contribution in [1.29, 1.82) is 0 Å². The first-order chi connectivity index (χ1) is 21.4. The zero-order chi connectivity index (χ0) is 33.6. The molecule has 0 aliphatic carbocycles. The molecule has 0 heterocycles. The molecule has 0 aliphatic rings. The quantitative estimate of drug-likeness (QED) is 0.0452. The van der Waals surface area contributed by atoms with Crippen LogP contribution in [-0.2, 0) is 27.9 Å². The first-order valence-corrected chi connectivity index (χ1v) is 17.9. The summed E-state index contributed by atoms with van der Waals surface area (Å²) < 4.78 is 44.4. The molecular weight excluding hydrogens is 601 g/mol. The number of benzene rings is 1. The number of hydrogen-bond acceptors (Lipinski definition) is 9. The van der Waals surface area contributed by atoms with Gasteiger partial charge in [-0.15, -0.1) is 0 Å².